The molecule has 1 aromatic carbocycles. The fourth-order valence-corrected chi connectivity index (χ4v) is 1.62. The molecule has 0 aromatic heterocycles. The first-order valence-corrected chi connectivity index (χ1v) is 4.96. The van der Waals surface area contributed by atoms with Gasteiger partial charge in [-0.15, -0.1) is 0 Å². The average molecular weight is 220 g/mol. The number of amidine groups is 1. The number of nitrogens with zero attached hydrogens (tertiary/aromatic N) is 3. The molecule has 0 aliphatic carbocycles. The summed E-state index contributed by atoms with van der Waals surface area (Å²) in [7, 11) is 0. The number of nitro benzene ring substituents is 1. The Labute approximate surface area is 92.5 Å². The predicted octanol–water partition coefficient (Wildman–Crippen LogP) is 1.07. The Hall–Kier alpha value is -2.11. The second-order valence-electron chi connectivity index (χ2n) is 3.66. The van der Waals surface area contributed by atoms with Crippen LogP contribution >= 0.6 is 0 Å². The van der Waals surface area contributed by atoms with Crippen molar-refractivity contribution >= 4 is 11.5 Å². The van der Waals surface area contributed by atoms with Gasteiger partial charge in [-0.1, -0.05) is 12.1 Å². The number of benzene rings is 1. The molecule has 16 heavy (non-hydrogen) atoms. The van der Waals surface area contributed by atoms with Crippen LogP contribution in [0.1, 0.15) is 12.0 Å². The maximum Gasteiger partial charge on any atom is 0.269 e. The van der Waals surface area contributed by atoms with Crippen molar-refractivity contribution < 1.29 is 4.92 Å². The number of rotatable bonds is 3. The van der Waals surface area contributed by atoms with E-state index in [2.05, 4.69) is 5.10 Å². The molecule has 2 rings (SSSR count). The Morgan fingerprint density at radius 3 is 3.00 bits per heavy atom. The van der Waals surface area contributed by atoms with E-state index in [0.717, 1.165) is 18.5 Å². The van der Waals surface area contributed by atoms with E-state index in [1.54, 1.807) is 12.1 Å². The van der Waals surface area contributed by atoms with Crippen molar-refractivity contribution in [1.82, 2.24) is 5.01 Å². The van der Waals surface area contributed by atoms with Gasteiger partial charge in [-0.3, -0.25) is 15.1 Å². The standard InChI is InChI=1S/C10H12N4O2/c11-10-4-5-13(12-10)7-8-2-1-3-9(6-8)14(15)16/h1-3,6H,4-5,7H2,(H2,11,12). The molecule has 6 heteroatoms. The summed E-state index contributed by atoms with van der Waals surface area (Å²) < 4.78 is 0. The highest BCUT2D eigenvalue weighted by molar-refractivity contribution is 5.81. The Balaban J connectivity index is 2.10. The molecule has 0 amide bonds. The van der Waals surface area contributed by atoms with Gasteiger partial charge in [0, 0.05) is 25.1 Å². The summed E-state index contributed by atoms with van der Waals surface area (Å²) in [4.78, 5) is 10.2. The molecule has 0 bridgehead atoms. The first-order valence-electron chi connectivity index (χ1n) is 4.96. The highest BCUT2D eigenvalue weighted by Gasteiger charge is 2.13. The van der Waals surface area contributed by atoms with Crippen molar-refractivity contribution in [3.8, 4) is 0 Å². The maximum atomic E-state index is 10.6. The number of hydrazone groups is 1. The van der Waals surface area contributed by atoms with Gasteiger partial charge >= 0.3 is 0 Å². The average Bonchev–Trinajstić information content (AvgIpc) is 2.64. The summed E-state index contributed by atoms with van der Waals surface area (Å²) in [6.07, 6.45) is 0.759. The lowest BCUT2D eigenvalue weighted by atomic mass is 10.2. The molecule has 0 saturated heterocycles. The van der Waals surface area contributed by atoms with Crippen LogP contribution in [0.2, 0.25) is 0 Å². The second-order valence-corrected chi connectivity index (χ2v) is 3.66. The molecule has 0 atom stereocenters. The van der Waals surface area contributed by atoms with Gasteiger partial charge in [0.15, 0.2) is 0 Å². The van der Waals surface area contributed by atoms with Gasteiger partial charge in [0.1, 0.15) is 5.84 Å². The molecule has 84 valence electrons. The van der Waals surface area contributed by atoms with Gasteiger partial charge in [-0.25, -0.2) is 0 Å². The van der Waals surface area contributed by atoms with Crippen LogP contribution < -0.4 is 5.73 Å². The topological polar surface area (TPSA) is 84.8 Å². The zero-order valence-electron chi connectivity index (χ0n) is 8.67. The molecule has 0 radical (unpaired) electrons. The molecule has 1 aromatic rings. The molecule has 1 heterocycles. The summed E-state index contributed by atoms with van der Waals surface area (Å²) in [6, 6.07) is 6.56. The predicted molar refractivity (Wildman–Crippen MR) is 59.7 cm³/mol. The molecular weight excluding hydrogens is 208 g/mol. The van der Waals surface area contributed by atoms with Gasteiger partial charge < -0.3 is 5.73 Å². The van der Waals surface area contributed by atoms with Crippen LogP contribution in [0, 0.1) is 10.1 Å². The van der Waals surface area contributed by atoms with Crippen molar-refractivity contribution in [1.29, 1.82) is 0 Å². The summed E-state index contributed by atoms with van der Waals surface area (Å²) in [5, 5.41) is 16.5. The normalized spacial score (nSPS) is 15.0. The third kappa shape index (κ3) is 2.28. The fraction of sp³-hybridized carbons (Fsp3) is 0.300. The number of nitro groups is 1. The van der Waals surface area contributed by atoms with Gasteiger partial charge in [-0.05, 0) is 5.56 Å². The van der Waals surface area contributed by atoms with E-state index >= 15 is 0 Å². The van der Waals surface area contributed by atoms with Crippen LogP contribution in [0.3, 0.4) is 0 Å². The van der Waals surface area contributed by atoms with E-state index in [1.807, 2.05) is 11.1 Å². The van der Waals surface area contributed by atoms with E-state index in [4.69, 9.17) is 5.73 Å². The van der Waals surface area contributed by atoms with Crippen LogP contribution in [-0.2, 0) is 6.54 Å². The quantitative estimate of drug-likeness (QED) is 0.610. The van der Waals surface area contributed by atoms with E-state index in [-0.39, 0.29) is 5.69 Å². The van der Waals surface area contributed by atoms with E-state index < -0.39 is 4.92 Å². The molecule has 0 saturated carbocycles. The molecule has 0 fully saturated rings. The summed E-state index contributed by atoms with van der Waals surface area (Å²) in [5.41, 5.74) is 6.53. The van der Waals surface area contributed by atoms with Crippen LogP contribution in [-0.4, -0.2) is 22.3 Å². The maximum absolute atomic E-state index is 10.6. The summed E-state index contributed by atoms with van der Waals surface area (Å²) in [6.45, 7) is 1.33. The molecule has 2 N–H and O–H groups in total. The lowest BCUT2D eigenvalue weighted by molar-refractivity contribution is -0.384. The van der Waals surface area contributed by atoms with Crippen LogP contribution in [0.25, 0.3) is 0 Å². The number of hydrogen-bond acceptors (Lipinski definition) is 5. The van der Waals surface area contributed by atoms with E-state index in [0.29, 0.717) is 12.4 Å². The third-order valence-electron chi connectivity index (χ3n) is 2.38. The summed E-state index contributed by atoms with van der Waals surface area (Å²) in [5.74, 6) is 0.616. The molecule has 6 nitrogen and oxygen atoms in total. The smallest absolute Gasteiger partial charge is 0.269 e. The summed E-state index contributed by atoms with van der Waals surface area (Å²) >= 11 is 0. The monoisotopic (exact) mass is 220 g/mol. The number of nitrogens with two attached hydrogens (primary N) is 1. The van der Waals surface area contributed by atoms with Gasteiger partial charge in [0.2, 0.25) is 0 Å². The lowest BCUT2D eigenvalue weighted by Crippen LogP contribution is -2.13. The van der Waals surface area contributed by atoms with Crippen molar-refractivity contribution in [3.63, 3.8) is 0 Å². The zero-order chi connectivity index (χ0) is 11.5. The Kier molecular flexibility index (Phi) is 2.72. The molecular formula is C10H12N4O2. The van der Waals surface area contributed by atoms with Crippen molar-refractivity contribution in [3.05, 3.63) is 39.9 Å². The SMILES string of the molecule is NC1=NN(Cc2cccc([N+](=O)[O-])c2)CC1. The minimum absolute atomic E-state index is 0.105. The molecule has 0 unspecified atom stereocenters. The lowest BCUT2D eigenvalue weighted by Gasteiger charge is -2.12. The van der Waals surface area contributed by atoms with Crippen molar-refractivity contribution in [2.75, 3.05) is 6.54 Å². The fourth-order valence-electron chi connectivity index (χ4n) is 1.62. The van der Waals surface area contributed by atoms with E-state index in [9.17, 15) is 10.1 Å². The Bertz CT molecular complexity index is 444. The van der Waals surface area contributed by atoms with Gasteiger partial charge in [0.05, 0.1) is 11.5 Å². The minimum Gasteiger partial charge on any atom is -0.386 e. The molecule has 1 aliphatic rings. The Morgan fingerprint density at radius 2 is 2.38 bits per heavy atom. The van der Waals surface area contributed by atoms with E-state index in [1.165, 1.54) is 6.07 Å². The van der Waals surface area contributed by atoms with Crippen LogP contribution in [0.5, 0.6) is 0 Å². The minimum atomic E-state index is -0.398. The van der Waals surface area contributed by atoms with Crippen LogP contribution in [0.15, 0.2) is 29.4 Å². The van der Waals surface area contributed by atoms with Gasteiger partial charge in [-0.2, -0.15) is 5.10 Å². The van der Waals surface area contributed by atoms with Crippen molar-refractivity contribution in [2.24, 2.45) is 10.8 Å². The van der Waals surface area contributed by atoms with Crippen molar-refractivity contribution in [2.45, 2.75) is 13.0 Å². The first kappa shape index (κ1) is 10.4. The zero-order valence-corrected chi connectivity index (χ0v) is 8.67. The highest BCUT2D eigenvalue weighted by atomic mass is 16.6. The van der Waals surface area contributed by atoms with Gasteiger partial charge in [0.25, 0.3) is 5.69 Å². The Morgan fingerprint density at radius 1 is 1.56 bits per heavy atom. The largest absolute Gasteiger partial charge is 0.386 e. The van der Waals surface area contributed by atoms with Crippen LogP contribution in [0.4, 0.5) is 5.69 Å². The first-order chi connectivity index (χ1) is 7.65. The molecule has 1 aliphatic heterocycles. The third-order valence-corrected chi connectivity index (χ3v) is 2.38. The second kappa shape index (κ2) is 4.18. The molecule has 0 spiro atoms. The number of non-ortho nitro benzene ring substituents is 1. The number of hydrogen-bond donors (Lipinski definition) is 1. The highest BCUT2D eigenvalue weighted by Crippen LogP contribution is 2.16.